The van der Waals surface area contributed by atoms with Gasteiger partial charge in [-0.05, 0) is 37.8 Å². The number of ether oxygens (including phenoxy) is 1. The third-order valence-electron chi connectivity index (χ3n) is 4.14. The maximum absolute atomic E-state index is 12.3. The van der Waals surface area contributed by atoms with Crippen molar-refractivity contribution in [1.29, 1.82) is 0 Å². The lowest BCUT2D eigenvalue weighted by molar-refractivity contribution is -0.0917. The van der Waals surface area contributed by atoms with E-state index in [0.29, 0.717) is 12.2 Å². The number of nitrogens with zero attached hydrogens (tertiary/aromatic N) is 1. The standard InChI is InChI=1S/C15H20Cl2N2O2/c1-3-15(4-2)9-11(5-6-21-15)18-14(20)10-7-12(16)19-13(17)8-10/h7-8,11H,3-6,9H2,1-2H3,(H,18,20). The SMILES string of the molecule is CCC1(CC)CC(NC(=O)c2cc(Cl)nc(Cl)c2)CCO1. The second kappa shape index (κ2) is 6.95. The van der Waals surface area contributed by atoms with Crippen LogP contribution < -0.4 is 5.32 Å². The summed E-state index contributed by atoms with van der Waals surface area (Å²) in [6.07, 6.45) is 3.55. The summed E-state index contributed by atoms with van der Waals surface area (Å²) in [7, 11) is 0. The summed E-state index contributed by atoms with van der Waals surface area (Å²) in [5.41, 5.74) is 0.314. The number of aromatic nitrogens is 1. The van der Waals surface area contributed by atoms with Crippen LogP contribution in [0, 0.1) is 0 Å². The minimum absolute atomic E-state index is 0.108. The van der Waals surface area contributed by atoms with Gasteiger partial charge in [0.25, 0.3) is 5.91 Å². The maximum atomic E-state index is 12.3. The van der Waals surface area contributed by atoms with Gasteiger partial charge >= 0.3 is 0 Å². The molecule has 0 aromatic carbocycles. The first-order valence-corrected chi connectivity index (χ1v) is 8.01. The van der Waals surface area contributed by atoms with E-state index in [1.54, 1.807) is 0 Å². The van der Waals surface area contributed by atoms with Crippen LogP contribution in [0.1, 0.15) is 49.9 Å². The highest BCUT2D eigenvalue weighted by atomic mass is 35.5. The van der Waals surface area contributed by atoms with Crippen molar-refractivity contribution in [3.05, 3.63) is 28.0 Å². The van der Waals surface area contributed by atoms with Crippen LogP contribution >= 0.6 is 23.2 Å². The number of amides is 1. The smallest absolute Gasteiger partial charge is 0.251 e. The van der Waals surface area contributed by atoms with Gasteiger partial charge in [0.2, 0.25) is 0 Å². The minimum Gasteiger partial charge on any atom is -0.375 e. The summed E-state index contributed by atoms with van der Waals surface area (Å²) in [6, 6.07) is 3.15. The summed E-state index contributed by atoms with van der Waals surface area (Å²) < 4.78 is 5.92. The van der Waals surface area contributed by atoms with Crippen molar-refractivity contribution in [1.82, 2.24) is 10.3 Å². The maximum Gasteiger partial charge on any atom is 0.251 e. The van der Waals surface area contributed by atoms with Crippen LogP contribution in [0.5, 0.6) is 0 Å². The summed E-state index contributed by atoms with van der Waals surface area (Å²) >= 11 is 11.7. The molecule has 1 aliphatic heterocycles. The number of hydrogen-bond donors (Lipinski definition) is 1. The van der Waals surface area contributed by atoms with Crippen molar-refractivity contribution >= 4 is 29.1 Å². The Bertz CT molecular complexity index is 498. The molecule has 1 saturated heterocycles. The van der Waals surface area contributed by atoms with Crippen molar-refractivity contribution in [2.24, 2.45) is 0 Å². The summed E-state index contributed by atoms with van der Waals surface area (Å²) in [5.74, 6) is -0.172. The van der Waals surface area contributed by atoms with Gasteiger partial charge in [-0.1, -0.05) is 37.0 Å². The van der Waals surface area contributed by atoms with E-state index in [-0.39, 0.29) is 27.9 Å². The average Bonchev–Trinajstić information content (AvgIpc) is 2.46. The first kappa shape index (κ1) is 16.5. The lowest BCUT2D eigenvalue weighted by Gasteiger charge is -2.40. The fraction of sp³-hybridized carbons (Fsp3) is 0.600. The molecule has 0 spiro atoms. The number of nitrogens with one attached hydrogen (secondary N) is 1. The monoisotopic (exact) mass is 330 g/mol. The fourth-order valence-electron chi connectivity index (χ4n) is 2.76. The van der Waals surface area contributed by atoms with E-state index in [2.05, 4.69) is 24.1 Å². The number of carbonyl (C=O) groups is 1. The molecule has 0 radical (unpaired) electrons. The topological polar surface area (TPSA) is 51.2 Å². The lowest BCUT2D eigenvalue weighted by atomic mass is 9.86. The number of carbonyl (C=O) groups excluding carboxylic acids is 1. The first-order chi connectivity index (χ1) is 9.98. The Morgan fingerprint density at radius 3 is 2.57 bits per heavy atom. The van der Waals surface area contributed by atoms with Crippen LogP contribution in [-0.2, 0) is 4.74 Å². The first-order valence-electron chi connectivity index (χ1n) is 7.26. The van der Waals surface area contributed by atoms with Crippen molar-refractivity contribution < 1.29 is 9.53 Å². The van der Waals surface area contributed by atoms with Gasteiger partial charge in [-0.2, -0.15) is 0 Å². The zero-order valence-corrected chi connectivity index (χ0v) is 13.8. The Labute approximate surface area is 135 Å². The normalized spacial score (nSPS) is 21.0. The Kier molecular flexibility index (Phi) is 5.47. The molecule has 2 rings (SSSR count). The van der Waals surface area contributed by atoms with Crippen LogP contribution in [0.4, 0.5) is 0 Å². The molecular formula is C15H20Cl2N2O2. The van der Waals surface area contributed by atoms with E-state index in [4.69, 9.17) is 27.9 Å². The molecule has 1 fully saturated rings. The zero-order chi connectivity index (χ0) is 15.5. The number of rotatable bonds is 4. The van der Waals surface area contributed by atoms with Gasteiger partial charge in [0, 0.05) is 18.2 Å². The molecule has 1 aromatic heterocycles. The van der Waals surface area contributed by atoms with E-state index in [1.165, 1.54) is 12.1 Å². The number of pyridine rings is 1. The van der Waals surface area contributed by atoms with Crippen LogP contribution in [0.25, 0.3) is 0 Å². The molecule has 6 heteroatoms. The largest absolute Gasteiger partial charge is 0.375 e. The highest BCUT2D eigenvalue weighted by Crippen LogP contribution is 2.31. The van der Waals surface area contributed by atoms with Crippen molar-refractivity contribution in [3.63, 3.8) is 0 Å². The minimum atomic E-state index is -0.172. The Morgan fingerprint density at radius 1 is 1.38 bits per heavy atom. The van der Waals surface area contributed by atoms with Crippen LogP contribution in [0.3, 0.4) is 0 Å². The van der Waals surface area contributed by atoms with E-state index < -0.39 is 0 Å². The molecule has 1 aliphatic rings. The predicted octanol–water partition coefficient (Wildman–Crippen LogP) is 3.86. The van der Waals surface area contributed by atoms with E-state index in [0.717, 1.165) is 25.7 Å². The molecule has 116 valence electrons. The van der Waals surface area contributed by atoms with Gasteiger partial charge in [-0.15, -0.1) is 0 Å². The van der Waals surface area contributed by atoms with Crippen LogP contribution in [0.15, 0.2) is 12.1 Å². The third-order valence-corrected chi connectivity index (χ3v) is 4.53. The van der Waals surface area contributed by atoms with Gasteiger partial charge in [-0.3, -0.25) is 4.79 Å². The highest BCUT2D eigenvalue weighted by Gasteiger charge is 2.35. The predicted molar refractivity (Wildman–Crippen MR) is 84.0 cm³/mol. The highest BCUT2D eigenvalue weighted by molar-refractivity contribution is 6.33. The Morgan fingerprint density at radius 2 is 2.00 bits per heavy atom. The average molecular weight is 331 g/mol. The molecule has 1 unspecified atom stereocenters. The van der Waals surface area contributed by atoms with Crippen molar-refractivity contribution in [2.45, 2.75) is 51.2 Å². The Balaban J connectivity index is 2.05. The second-order valence-corrected chi connectivity index (χ2v) is 6.18. The number of halogens is 2. The van der Waals surface area contributed by atoms with Gasteiger partial charge in [0.05, 0.1) is 5.60 Å². The van der Waals surface area contributed by atoms with Gasteiger partial charge < -0.3 is 10.1 Å². The Hall–Kier alpha value is -0.840. The molecule has 0 bridgehead atoms. The lowest BCUT2D eigenvalue weighted by Crippen LogP contribution is -2.48. The molecule has 1 atom stereocenters. The van der Waals surface area contributed by atoms with E-state index >= 15 is 0 Å². The number of hydrogen-bond acceptors (Lipinski definition) is 3. The van der Waals surface area contributed by atoms with Crippen LogP contribution in [-0.4, -0.2) is 29.1 Å². The third kappa shape index (κ3) is 4.09. The van der Waals surface area contributed by atoms with E-state index in [9.17, 15) is 4.79 Å². The molecule has 4 nitrogen and oxygen atoms in total. The van der Waals surface area contributed by atoms with Crippen LogP contribution in [0.2, 0.25) is 10.3 Å². The molecular weight excluding hydrogens is 311 g/mol. The van der Waals surface area contributed by atoms with Gasteiger partial charge in [0.1, 0.15) is 10.3 Å². The molecule has 1 N–H and O–H groups in total. The molecule has 1 amide bonds. The molecule has 2 heterocycles. The fourth-order valence-corrected chi connectivity index (χ4v) is 3.22. The van der Waals surface area contributed by atoms with E-state index in [1.807, 2.05) is 0 Å². The zero-order valence-electron chi connectivity index (χ0n) is 12.3. The summed E-state index contributed by atoms with van der Waals surface area (Å²) in [6.45, 7) is 4.91. The van der Waals surface area contributed by atoms with Gasteiger partial charge in [0.15, 0.2) is 0 Å². The molecule has 1 aromatic rings. The molecule has 21 heavy (non-hydrogen) atoms. The second-order valence-electron chi connectivity index (χ2n) is 5.40. The van der Waals surface area contributed by atoms with Crippen molar-refractivity contribution in [3.8, 4) is 0 Å². The summed E-state index contributed by atoms with van der Waals surface area (Å²) in [5, 5.41) is 3.49. The quantitative estimate of drug-likeness (QED) is 0.853. The molecule has 0 aliphatic carbocycles. The van der Waals surface area contributed by atoms with Crippen molar-refractivity contribution in [2.75, 3.05) is 6.61 Å². The summed E-state index contributed by atoms with van der Waals surface area (Å²) in [4.78, 5) is 16.2. The van der Waals surface area contributed by atoms with Gasteiger partial charge in [-0.25, -0.2) is 4.98 Å². The molecule has 0 saturated carbocycles.